The van der Waals surface area contributed by atoms with Crippen LogP contribution in [0.5, 0.6) is 5.75 Å². The number of primary sulfonamides is 1. The van der Waals surface area contributed by atoms with Crippen molar-refractivity contribution in [2.75, 3.05) is 6.26 Å². The Morgan fingerprint density at radius 2 is 2.25 bits per heavy atom. The smallest absolute Gasteiger partial charge is 0.259 e. The first-order valence-electron chi connectivity index (χ1n) is 4.74. The van der Waals surface area contributed by atoms with Crippen molar-refractivity contribution in [3.05, 3.63) is 12.3 Å². The second-order valence-electron chi connectivity index (χ2n) is 3.54. The molecule has 1 aromatic rings. The molecule has 16 heavy (non-hydrogen) atoms. The maximum Gasteiger partial charge on any atom is 0.259 e. The Morgan fingerprint density at radius 3 is 2.75 bits per heavy atom. The quantitative estimate of drug-likeness (QED) is 0.816. The normalized spacial score (nSPS) is 16.1. The van der Waals surface area contributed by atoms with Gasteiger partial charge >= 0.3 is 0 Å². The second-order valence-corrected chi connectivity index (χ2v) is 5.90. The van der Waals surface area contributed by atoms with E-state index in [1.165, 1.54) is 18.0 Å². The lowest BCUT2D eigenvalue weighted by Gasteiger charge is -2.09. The molecule has 0 atom stereocenters. The molecule has 0 unspecified atom stereocenters. The third-order valence-corrected chi connectivity index (χ3v) is 3.66. The number of hydrogen-bond donors (Lipinski definition) is 1. The first kappa shape index (κ1) is 11.7. The van der Waals surface area contributed by atoms with Gasteiger partial charge in [0.1, 0.15) is 0 Å². The summed E-state index contributed by atoms with van der Waals surface area (Å²) in [4.78, 5) is 4.69. The Bertz CT molecular complexity index is 497. The fourth-order valence-corrected chi connectivity index (χ4v) is 2.16. The summed E-state index contributed by atoms with van der Waals surface area (Å²) in [6, 6.07) is 1.66. The molecule has 0 spiro atoms. The van der Waals surface area contributed by atoms with E-state index in [2.05, 4.69) is 4.98 Å². The van der Waals surface area contributed by atoms with Gasteiger partial charge in [0.25, 0.3) is 10.0 Å². The van der Waals surface area contributed by atoms with E-state index in [0.717, 1.165) is 17.7 Å². The Balaban J connectivity index is 2.41. The molecule has 7 heteroatoms. The molecule has 1 aromatic heterocycles. The zero-order valence-corrected chi connectivity index (χ0v) is 10.3. The highest BCUT2D eigenvalue weighted by molar-refractivity contribution is 7.98. The van der Waals surface area contributed by atoms with Crippen molar-refractivity contribution in [1.29, 1.82) is 0 Å². The number of aromatic nitrogens is 1. The molecule has 5 nitrogen and oxygen atoms in total. The largest absolute Gasteiger partial charge is 0.487 e. The first-order valence-corrected chi connectivity index (χ1v) is 7.51. The number of hydrogen-bond acceptors (Lipinski definition) is 5. The molecule has 1 aliphatic carbocycles. The SMILES string of the molecule is CSc1cnc(S(N)(=O)=O)c(OC2CC2)c1. The van der Waals surface area contributed by atoms with Gasteiger partial charge < -0.3 is 4.74 Å². The van der Waals surface area contributed by atoms with Crippen LogP contribution in [-0.4, -0.2) is 25.8 Å². The summed E-state index contributed by atoms with van der Waals surface area (Å²) in [5.41, 5.74) is 0. The van der Waals surface area contributed by atoms with E-state index in [9.17, 15) is 8.42 Å². The predicted octanol–water partition coefficient (Wildman–Crippen LogP) is 0.992. The van der Waals surface area contributed by atoms with Crippen molar-refractivity contribution in [2.45, 2.75) is 28.9 Å². The van der Waals surface area contributed by atoms with Gasteiger partial charge in [-0.15, -0.1) is 11.8 Å². The van der Waals surface area contributed by atoms with Crippen molar-refractivity contribution in [3.8, 4) is 5.75 Å². The average molecular weight is 260 g/mol. The third kappa shape index (κ3) is 2.66. The van der Waals surface area contributed by atoms with Gasteiger partial charge in [-0.3, -0.25) is 0 Å². The average Bonchev–Trinajstić information content (AvgIpc) is 3.00. The molecule has 1 heterocycles. The zero-order valence-electron chi connectivity index (χ0n) is 8.71. The van der Waals surface area contributed by atoms with Crippen molar-refractivity contribution in [2.24, 2.45) is 5.14 Å². The topological polar surface area (TPSA) is 82.3 Å². The van der Waals surface area contributed by atoms with E-state index < -0.39 is 10.0 Å². The van der Waals surface area contributed by atoms with Gasteiger partial charge in [-0.25, -0.2) is 18.5 Å². The lowest BCUT2D eigenvalue weighted by Crippen LogP contribution is -2.16. The van der Waals surface area contributed by atoms with Gasteiger partial charge in [0, 0.05) is 11.1 Å². The van der Waals surface area contributed by atoms with Crippen LogP contribution in [0.4, 0.5) is 0 Å². The van der Waals surface area contributed by atoms with E-state index in [1.54, 1.807) is 6.07 Å². The molecule has 88 valence electrons. The Hall–Kier alpha value is -0.790. The summed E-state index contributed by atoms with van der Waals surface area (Å²) >= 11 is 1.47. The fourth-order valence-electron chi connectivity index (χ4n) is 1.19. The van der Waals surface area contributed by atoms with Gasteiger partial charge in [-0.1, -0.05) is 0 Å². The third-order valence-electron chi connectivity index (χ3n) is 2.12. The van der Waals surface area contributed by atoms with Gasteiger partial charge in [-0.2, -0.15) is 0 Å². The van der Waals surface area contributed by atoms with Crippen LogP contribution in [0.15, 0.2) is 22.2 Å². The van der Waals surface area contributed by atoms with Crippen LogP contribution in [-0.2, 0) is 10.0 Å². The van der Waals surface area contributed by atoms with Crippen LogP contribution < -0.4 is 9.88 Å². The van der Waals surface area contributed by atoms with Gasteiger partial charge in [0.05, 0.1) is 6.10 Å². The van der Waals surface area contributed by atoms with Gasteiger partial charge in [-0.05, 0) is 25.2 Å². The summed E-state index contributed by atoms with van der Waals surface area (Å²) in [6.45, 7) is 0. The molecule has 0 amide bonds. The van der Waals surface area contributed by atoms with E-state index in [0.29, 0.717) is 0 Å². The molecular weight excluding hydrogens is 248 g/mol. The maximum atomic E-state index is 11.3. The summed E-state index contributed by atoms with van der Waals surface area (Å²) in [5.74, 6) is 0.261. The zero-order chi connectivity index (χ0) is 11.8. The number of rotatable bonds is 4. The Morgan fingerprint density at radius 1 is 1.56 bits per heavy atom. The minimum Gasteiger partial charge on any atom is -0.487 e. The Kier molecular flexibility index (Phi) is 3.09. The Labute approximate surface area is 98.4 Å². The molecule has 1 aliphatic rings. The fraction of sp³-hybridized carbons (Fsp3) is 0.444. The number of sulfonamides is 1. The van der Waals surface area contributed by atoms with Crippen molar-refractivity contribution < 1.29 is 13.2 Å². The lowest BCUT2D eigenvalue weighted by atomic mass is 10.4. The van der Waals surface area contributed by atoms with E-state index >= 15 is 0 Å². The van der Waals surface area contributed by atoms with Crippen molar-refractivity contribution >= 4 is 21.8 Å². The van der Waals surface area contributed by atoms with Crippen LogP contribution in [0.3, 0.4) is 0 Å². The van der Waals surface area contributed by atoms with Gasteiger partial charge in [0.2, 0.25) is 5.03 Å². The summed E-state index contributed by atoms with van der Waals surface area (Å²) in [5, 5.41) is 4.89. The highest BCUT2D eigenvalue weighted by atomic mass is 32.2. The number of nitrogens with zero attached hydrogens (tertiary/aromatic N) is 1. The molecule has 0 aromatic carbocycles. The number of nitrogens with two attached hydrogens (primary N) is 1. The molecule has 0 saturated heterocycles. The van der Waals surface area contributed by atoms with Crippen LogP contribution in [0, 0.1) is 0 Å². The minimum atomic E-state index is -3.82. The summed E-state index contributed by atoms with van der Waals surface area (Å²) < 4.78 is 28.1. The molecule has 2 N–H and O–H groups in total. The van der Waals surface area contributed by atoms with E-state index in [1.807, 2.05) is 6.26 Å². The lowest BCUT2D eigenvalue weighted by molar-refractivity contribution is 0.291. The molecule has 0 radical (unpaired) electrons. The molecule has 1 saturated carbocycles. The van der Waals surface area contributed by atoms with Gasteiger partial charge in [0.15, 0.2) is 5.75 Å². The molecular formula is C9H12N2O3S2. The predicted molar refractivity (Wildman–Crippen MR) is 61.0 cm³/mol. The number of pyridine rings is 1. The van der Waals surface area contributed by atoms with Crippen LogP contribution in [0.2, 0.25) is 0 Å². The monoisotopic (exact) mass is 260 g/mol. The van der Waals surface area contributed by atoms with E-state index in [-0.39, 0.29) is 16.9 Å². The minimum absolute atomic E-state index is 0.111. The van der Waals surface area contributed by atoms with Crippen molar-refractivity contribution in [3.63, 3.8) is 0 Å². The van der Waals surface area contributed by atoms with E-state index in [4.69, 9.17) is 9.88 Å². The number of ether oxygens (including phenoxy) is 1. The molecule has 1 fully saturated rings. The maximum absolute atomic E-state index is 11.3. The summed E-state index contributed by atoms with van der Waals surface area (Å²) in [6.07, 6.45) is 5.37. The second kappa shape index (κ2) is 4.23. The summed E-state index contributed by atoms with van der Waals surface area (Å²) in [7, 11) is -3.82. The highest BCUT2D eigenvalue weighted by Crippen LogP contribution is 2.32. The molecule has 2 rings (SSSR count). The molecule has 0 bridgehead atoms. The van der Waals surface area contributed by atoms with Crippen LogP contribution in [0.25, 0.3) is 0 Å². The van der Waals surface area contributed by atoms with Crippen LogP contribution >= 0.6 is 11.8 Å². The molecule has 0 aliphatic heterocycles. The van der Waals surface area contributed by atoms with Crippen molar-refractivity contribution in [1.82, 2.24) is 4.98 Å². The van der Waals surface area contributed by atoms with Crippen LogP contribution in [0.1, 0.15) is 12.8 Å². The first-order chi connectivity index (χ1) is 7.50. The standard InChI is InChI=1S/C9H12N2O3S2/c1-15-7-4-8(14-6-2-3-6)9(11-5-7)16(10,12)13/h4-6H,2-3H2,1H3,(H2,10,12,13). The number of thioether (sulfide) groups is 1. The highest BCUT2D eigenvalue weighted by Gasteiger charge is 2.27.